The summed E-state index contributed by atoms with van der Waals surface area (Å²) in [7, 11) is 1.67. The van der Waals surface area contributed by atoms with Crippen LogP contribution in [0.2, 0.25) is 0 Å². The first-order chi connectivity index (χ1) is 10.2. The fourth-order valence-corrected chi connectivity index (χ4v) is 3.03. The van der Waals surface area contributed by atoms with Crippen LogP contribution >= 0.6 is 15.9 Å². The number of hydrogen-bond acceptors (Lipinski definition) is 3. The van der Waals surface area contributed by atoms with E-state index < -0.39 is 0 Å². The molecule has 0 spiro atoms. The second kappa shape index (κ2) is 6.13. The number of fused-ring (bicyclic) bond motifs is 1. The van der Waals surface area contributed by atoms with Crippen LogP contribution in [0.1, 0.15) is 10.4 Å². The van der Waals surface area contributed by atoms with Crippen LogP contribution in [0, 0.1) is 0 Å². The number of carbonyl (C=O) groups excluding carboxylic acids is 1. The molecule has 1 fully saturated rings. The van der Waals surface area contributed by atoms with E-state index in [9.17, 15) is 4.79 Å². The maximum absolute atomic E-state index is 12.4. The average molecular weight is 349 g/mol. The van der Waals surface area contributed by atoms with Crippen molar-refractivity contribution in [3.63, 3.8) is 0 Å². The Bertz CT molecular complexity index is 674. The molecule has 1 aliphatic rings. The molecule has 0 bridgehead atoms. The van der Waals surface area contributed by atoms with E-state index in [1.807, 2.05) is 36.4 Å². The van der Waals surface area contributed by atoms with Crippen molar-refractivity contribution >= 4 is 32.6 Å². The van der Waals surface area contributed by atoms with Crippen LogP contribution in [0.5, 0.6) is 0 Å². The highest BCUT2D eigenvalue weighted by Gasteiger charge is 2.28. The molecule has 2 N–H and O–H groups in total. The first-order valence-corrected chi connectivity index (χ1v) is 7.70. The van der Waals surface area contributed by atoms with Crippen LogP contribution in [0.3, 0.4) is 0 Å². The van der Waals surface area contributed by atoms with Gasteiger partial charge in [-0.3, -0.25) is 4.79 Å². The molecule has 1 saturated heterocycles. The predicted molar refractivity (Wildman–Crippen MR) is 86.6 cm³/mol. The van der Waals surface area contributed by atoms with Crippen molar-refractivity contribution in [3.8, 4) is 0 Å². The summed E-state index contributed by atoms with van der Waals surface area (Å²) in [5.41, 5.74) is 0.673. The molecule has 1 unspecified atom stereocenters. The number of benzene rings is 2. The van der Waals surface area contributed by atoms with Gasteiger partial charge in [0.25, 0.3) is 5.91 Å². The Morgan fingerprint density at radius 3 is 2.81 bits per heavy atom. The van der Waals surface area contributed by atoms with Crippen LogP contribution < -0.4 is 10.6 Å². The molecule has 3 rings (SSSR count). The monoisotopic (exact) mass is 348 g/mol. The van der Waals surface area contributed by atoms with E-state index in [2.05, 4.69) is 26.6 Å². The molecule has 5 heteroatoms. The first-order valence-electron chi connectivity index (χ1n) is 6.91. The van der Waals surface area contributed by atoms with Crippen LogP contribution in [-0.2, 0) is 4.74 Å². The van der Waals surface area contributed by atoms with Crippen molar-refractivity contribution in [3.05, 3.63) is 46.4 Å². The van der Waals surface area contributed by atoms with Gasteiger partial charge in [-0.05, 0) is 35.0 Å². The van der Waals surface area contributed by atoms with Crippen molar-refractivity contribution in [1.82, 2.24) is 10.6 Å². The Balaban J connectivity index is 1.79. The SMILES string of the molecule is CO[C@H]1CNCC1NC(=O)c1ccc2cc(Br)ccc2c1. The Morgan fingerprint density at radius 2 is 2.00 bits per heavy atom. The first kappa shape index (κ1) is 14.5. The fourth-order valence-electron chi connectivity index (χ4n) is 2.66. The van der Waals surface area contributed by atoms with E-state index in [0.29, 0.717) is 5.56 Å². The smallest absolute Gasteiger partial charge is 0.251 e. The number of nitrogens with one attached hydrogen (secondary N) is 2. The lowest BCUT2D eigenvalue weighted by atomic mass is 10.1. The van der Waals surface area contributed by atoms with Gasteiger partial charge in [0.2, 0.25) is 0 Å². The number of amides is 1. The Kier molecular flexibility index (Phi) is 4.24. The molecular weight excluding hydrogens is 332 g/mol. The maximum Gasteiger partial charge on any atom is 0.251 e. The zero-order valence-electron chi connectivity index (χ0n) is 11.7. The molecule has 1 amide bonds. The van der Waals surface area contributed by atoms with Crippen molar-refractivity contribution in [1.29, 1.82) is 0 Å². The molecule has 110 valence electrons. The molecule has 21 heavy (non-hydrogen) atoms. The minimum absolute atomic E-state index is 0.0168. The standard InChI is InChI=1S/C16H17BrN2O2/c1-21-15-9-18-8-14(15)19-16(20)12-3-2-11-7-13(17)5-4-10(11)6-12/h2-7,14-15,18H,8-9H2,1H3,(H,19,20)/t14?,15-/m0/s1. The number of ether oxygens (including phenoxy) is 1. The molecular formula is C16H17BrN2O2. The normalized spacial score (nSPS) is 21.6. The number of halogens is 1. The number of carbonyl (C=O) groups is 1. The number of rotatable bonds is 3. The van der Waals surface area contributed by atoms with Crippen molar-refractivity contribution in [2.75, 3.05) is 20.2 Å². The van der Waals surface area contributed by atoms with Gasteiger partial charge in [0, 0.05) is 30.2 Å². The van der Waals surface area contributed by atoms with Gasteiger partial charge in [-0.1, -0.05) is 28.1 Å². The molecule has 0 radical (unpaired) electrons. The van der Waals surface area contributed by atoms with Crippen molar-refractivity contribution < 1.29 is 9.53 Å². The van der Waals surface area contributed by atoms with Gasteiger partial charge in [-0.15, -0.1) is 0 Å². The summed E-state index contributed by atoms with van der Waals surface area (Å²) in [5, 5.41) is 8.42. The minimum Gasteiger partial charge on any atom is -0.378 e. The van der Waals surface area contributed by atoms with E-state index in [1.54, 1.807) is 7.11 Å². The van der Waals surface area contributed by atoms with Gasteiger partial charge in [-0.25, -0.2) is 0 Å². The number of methoxy groups -OCH3 is 1. The van der Waals surface area contributed by atoms with E-state index in [1.165, 1.54) is 0 Å². The quantitative estimate of drug-likeness (QED) is 0.894. The molecule has 4 nitrogen and oxygen atoms in total. The maximum atomic E-state index is 12.4. The predicted octanol–water partition coefficient (Wildman–Crippen LogP) is 2.32. The second-order valence-corrected chi connectivity index (χ2v) is 6.13. The van der Waals surface area contributed by atoms with E-state index >= 15 is 0 Å². The Morgan fingerprint density at radius 1 is 1.24 bits per heavy atom. The minimum atomic E-state index is -0.0597. The van der Waals surface area contributed by atoms with E-state index in [4.69, 9.17) is 4.74 Å². The van der Waals surface area contributed by atoms with Gasteiger partial charge in [0.15, 0.2) is 0 Å². The molecule has 0 aliphatic carbocycles. The summed E-state index contributed by atoms with van der Waals surface area (Å²) in [6.07, 6.45) is 0.0327. The summed E-state index contributed by atoms with van der Waals surface area (Å²) in [6.45, 7) is 1.51. The molecule has 2 atom stereocenters. The molecule has 2 aromatic rings. The summed E-state index contributed by atoms with van der Waals surface area (Å²) >= 11 is 3.45. The van der Waals surface area contributed by atoms with Crippen LogP contribution in [-0.4, -0.2) is 38.3 Å². The van der Waals surface area contributed by atoms with Crippen LogP contribution in [0.4, 0.5) is 0 Å². The van der Waals surface area contributed by atoms with Gasteiger partial charge < -0.3 is 15.4 Å². The van der Waals surface area contributed by atoms with Gasteiger partial charge >= 0.3 is 0 Å². The highest BCUT2D eigenvalue weighted by atomic mass is 79.9. The van der Waals surface area contributed by atoms with Crippen molar-refractivity contribution in [2.24, 2.45) is 0 Å². The molecule has 0 aromatic heterocycles. The average Bonchev–Trinajstić information content (AvgIpc) is 2.93. The summed E-state index contributed by atoms with van der Waals surface area (Å²) in [4.78, 5) is 12.4. The zero-order chi connectivity index (χ0) is 14.8. The Hall–Kier alpha value is -1.43. The topological polar surface area (TPSA) is 50.4 Å². The lowest BCUT2D eigenvalue weighted by Gasteiger charge is -2.18. The van der Waals surface area contributed by atoms with E-state index in [0.717, 1.165) is 28.3 Å². The molecule has 1 heterocycles. The third-order valence-electron chi connectivity index (χ3n) is 3.84. The lowest BCUT2D eigenvalue weighted by molar-refractivity contribution is 0.0780. The number of hydrogen-bond donors (Lipinski definition) is 2. The fraction of sp³-hybridized carbons (Fsp3) is 0.312. The molecule has 1 aliphatic heterocycles. The van der Waals surface area contributed by atoms with Crippen LogP contribution in [0.25, 0.3) is 10.8 Å². The summed E-state index contributed by atoms with van der Waals surface area (Å²) < 4.78 is 6.40. The highest BCUT2D eigenvalue weighted by molar-refractivity contribution is 9.10. The lowest BCUT2D eigenvalue weighted by Crippen LogP contribution is -2.43. The summed E-state index contributed by atoms with van der Waals surface area (Å²) in [6, 6.07) is 11.8. The van der Waals surface area contributed by atoms with E-state index in [-0.39, 0.29) is 18.1 Å². The van der Waals surface area contributed by atoms with Crippen LogP contribution in [0.15, 0.2) is 40.9 Å². The molecule has 2 aromatic carbocycles. The molecule has 0 saturated carbocycles. The van der Waals surface area contributed by atoms with Gasteiger partial charge in [0.1, 0.15) is 0 Å². The third-order valence-corrected chi connectivity index (χ3v) is 4.34. The van der Waals surface area contributed by atoms with Gasteiger partial charge in [-0.2, -0.15) is 0 Å². The zero-order valence-corrected chi connectivity index (χ0v) is 13.3. The summed E-state index contributed by atoms with van der Waals surface area (Å²) in [5.74, 6) is -0.0597. The van der Waals surface area contributed by atoms with Crippen molar-refractivity contribution in [2.45, 2.75) is 12.1 Å². The van der Waals surface area contributed by atoms with Gasteiger partial charge in [0.05, 0.1) is 12.1 Å². The highest BCUT2D eigenvalue weighted by Crippen LogP contribution is 2.21. The second-order valence-electron chi connectivity index (χ2n) is 5.22. The Labute approximate surface area is 132 Å². The third kappa shape index (κ3) is 3.10. The largest absolute Gasteiger partial charge is 0.378 e.